The molecule has 0 fully saturated rings. The number of amides is 2. The zero-order valence-electron chi connectivity index (χ0n) is 23.8. The number of benzene rings is 3. The Labute approximate surface area is 247 Å². The molecule has 222 valence electrons. The number of hydrogen-bond acceptors (Lipinski definition) is 9. The number of nitro benzene ring substituents is 1. The number of phenols is 1. The van der Waals surface area contributed by atoms with E-state index >= 15 is 0 Å². The van der Waals surface area contributed by atoms with E-state index in [2.05, 4.69) is 11.4 Å². The molecule has 0 radical (unpaired) electrons. The molecule has 3 aromatic rings. The average molecular weight is 587 g/mol. The molecule has 0 unspecified atom stereocenters. The molecule has 1 aliphatic rings. The third kappa shape index (κ3) is 7.08. The van der Waals surface area contributed by atoms with E-state index in [9.17, 15) is 29.6 Å². The topological polar surface area (TPSA) is 172 Å². The van der Waals surface area contributed by atoms with Gasteiger partial charge >= 0.3 is 17.7 Å². The summed E-state index contributed by atoms with van der Waals surface area (Å²) in [6.07, 6.45) is -1.29. The molecule has 12 heteroatoms. The molecule has 0 bridgehead atoms. The molecule has 1 heterocycles. The van der Waals surface area contributed by atoms with Crippen LogP contribution in [0.1, 0.15) is 36.1 Å². The van der Waals surface area contributed by atoms with Crippen LogP contribution in [0.15, 0.2) is 60.7 Å². The molecule has 0 saturated heterocycles. The molecule has 2 N–H and O–H groups in total. The van der Waals surface area contributed by atoms with Crippen LogP contribution in [0.25, 0.3) is 11.1 Å². The van der Waals surface area contributed by atoms with Crippen LogP contribution in [0, 0.1) is 21.4 Å². The second-order valence-corrected chi connectivity index (χ2v) is 10.3. The number of nitro groups is 1. The van der Waals surface area contributed by atoms with Gasteiger partial charge in [0.2, 0.25) is 5.91 Å². The minimum Gasteiger partial charge on any atom is -0.502 e. The number of aromatic hydroxyl groups is 1. The molecule has 0 aromatic heterocycles. The van der Waals surface area contributed by atoms with Crippen LogP contribution in [0.5, 0.6) is 5.75 Å². The molecule has 2 atom stereocenters. The lowest BCUT2D eigenvalue weighted by Crippen LogP contribution is -2.56. The van der Waals surface area contributed by atoms with Crippen LogP contribution in [0.3, 0.4) is 0 Å². The second kappa shape index (κ2) is 13.0. The highest BCUT2D eigenvalue weighted by Crippen LogP contribution is 2.34. The summed E-state index contributed by atoms with van der Waals surface area (Å²) in [5.41, 5.74) is 3.39. The van der Waals surface area contributed by atoms with Crippen LogP contribution in [-0.2, 0) is 38.4 Å². The fraction of sp³-hybridized carbons (Fsp3) is 0.290. The van der Waals surface area contributed by atoms with E-state index in [0.29, 0.717) is 16.7 Å². The van der Waals surface area contributed by atoms with Crippen molar-refractivity contribution >= 4 is 23.7 Å². The third-order valence-corrected chi connectivity index (χ3v) is 7.04. The summed E-state index contributed by atoms with van der Waals surface area (Å²) in [4.78, 5) is 51.2. The number of nitrogens with zero attached hydrogens (tertiary/aromatic N) is 3. The van der Waals surface area contributed by atoms with Gasteiger partial charge in [-0.2, -0.15) is 5.26 Å². The fourth-order valence-corrected chi connectivity index (χ4v) is 4.86. The zero-order valence-corrected chi connectivity index (χ0v) is 23.8. The number of methoxy groups -OCH3 is 1. The molecule has 3 aromatic carbocycles. The lowest BCUT2D eigenvalue weighted by Gasteiger charge is -2.36. The van der Waals surface area contributed by atoms with Gasteiger partial charge in [-0.25, -0.2) is 9.59 Å². The Kier molecular flexibility index (Phi) is 9.25. The highest BCUT2D eigenvalue weighted by atomic mass is 16.6. The monoisotopic (exact) mass is 586 g/mol. The molecule has 2 amide bonds. The van der Waals surface area contributed by atoms with Gasteiger partial charge in [0, 0.05) is 18.9 Å². The minimum absolute atomic E-state index is 0.0884. The van der Waals surface area contributed by atoms with E-state index in [4.69, 9.17) is 14.7 Å². The minimum atomic E-state index is -1.16. The average Bonchev–Trinajstić information content (AvgIpc) is 2.99. The van der Waals surface area contributed by atoms with Crippen LogP contribution >= 0.6 is 0 Å². The number of fused-ring (bicyclic) bond motifs is 1. The lowest BCUT2D eigenvalue weighted by atomic mass is 9.92. The summed E-state index contributed by atoms with van der Waals surface area (Å²) in [5.74, 6) is -1.93. The number of carbonyl (C=O) groups excluding carboxylic acids is 3. The normalized spacial score (nSPS) is 14.7. The molecule has 0 spiro atoms. The first-order chi connectivity index (χ1) is 20.5. The standard InChI is InChI=1S/C31H30N4O8/c1-18(2)43-31(39)34-17-24-15-28(36)26(35(40)41)13-23(24)14-27(34)29(37)33-25(30(38)42-3)12-19-4-8-21(9-5-19)22-10-6-20(16-32)7-11-22/h4-11,13,15,18,25,27,36H,12,14,17H2,1-3H3,(H,33,37)/t25-,27-/m0/s1. The van der Waals surface area contributed by atoms with Crippen LogP contribution < -0.4 is 5.32 Å². The van der Waals surface area contributed by atoms with Crippen LogP contribution in [-0.4, -0.2) is 58.2 Å². The van der Waals surface area contributed by atoms with Gasteiger partial charge in [0.05, 0.1) is 36.3 Å². The summed E-state index contributed by atoms with van der Waals surface area (Å²) in [6.45, 7) is 3.16. The largest absolute Gasteiger partial charge is 0.502 e. The highest BCUT2D eigenvalue weighted by Gasteiger charge is 2.39. The van der Waals surface area contributed by atoms with Gasteiger partial charge in [0.25, 0.3) is 0 Å². The molecular formula is C31H30N4O8. The summed E-state index contributed by atoms with van der Waals surface area (Å²) in [6, 6.07) is 16.6. The maximum absolute atomic E-state index is 13.6. The Morgan fingerprint density at radius 2 is 1.72 bits per heavy atom. The Morgan fingerprint density at radius 3 is 2.28 bits per heavy atom. The fourth-order valence-electron chi connectivity index (χ4n) is 4.86. The van der Waals surface area contributed by atoms with Crippen molar-refractivity contribution in [2.75, 3.05) is 7.11 Å². The van der Waals surface area contributed by atoms with Gasteiger partial charge in [-0.05, 0) is 59.9 Å². The van der Waals surface area contributed by atoms with Crippen molar-refractivity contribution in [1.82, 2.24) is 10.2 Å². The maximum Gasteiger partial charge on any atom is 0.411 e. The number of nitrogens with one attached hydrogen (secondary N) is 1. The van der Waals surface area contributed by atoms with E-state index in [1.807, 2.05) is 36.4 Å². The first-order valence-corrected chi connectivity index (χ1v) is 13.4. The second-order valence-electron chi connectivity index (χ2n) is 10.3. The smallest absolute Gasteiger partial charge is 0.411 e. The Balaban J connectivity index is 1.57. The predicted octanol–water partition coefficient (Wildman–Crippen LogP) is 4.01. The first kappa shape index (κ1) is 30.5. The highest BCUT2D eigenvalue weighted by molar-refractivity contribution is 5.90. The van der Waals surface area contributed by atoms with E-state index in [1.165, 1.54) is 24.1 Å². The molecule has 12 nitrogen and oxygen atoms in total. The van der Waals surface area contributed by atoms with Gasteiger partial charge in [-0.1, -0.05) is 36.4 Å². The van der Waals surface area contributed by atoms with Crippen molar-refractivity contribution in [2.24, 2.45) is 0 Å². The molecule has 0 saturated carbocycles. The number of esters is 1. The van der Waals surface area contributed by atoms with E-state index in [0.717, 1.165) is 16.7 Å². The lowest BCUT2D eigenvalue weighted by molar-refractivity contribution is -0.386. The maximum atomic E-state index is 13.6. The third-order valence-electron chi connectivity index (χ3n) is 7.04. The number of ether oxygens (including phenoxy) is 2. The quantitative estimate of drug-likeness (QED) is 0.225. The van der Waals surface area contributed by atoms with Gasteiger partial charge in [-0.3, -0.25) is 19.8 Å². The van der Waals surface area contributed by atoms with Crippen molar-refractivity contribution in [3.8, 4) is 22.9 Å². The van der Waals surface area contributed by atoms with Crippen molar-refractivity contribution in [1.29, 1.82) is 5.26 Å². The summed E-state index contributed by atoms with van der Waals surface area (Å²) in [7, 11) is 1.20. The summed E-state index contributed by atoms with van der Waals surface area (Å²) in [5, 5.41) is 33.2. The number of nitriles is 1. The first-order valence-electron chi connectivity index (χ1n) is 13.4. The Bertz CT molecular complexity index is 1580. The van der Waals surface area contributed by atoms with Gasteiger partial charge in [-0.15, -0.1) is 0 Å². The van der Waals surface area contributed by atoms with Crippen LogP contribution in [0.4, 0.5) is 10.5 Å². The molecule has 0 aliphatic carbocycles. The van der Waals surface area contributed by atoms with Gasteiger partial charge in [0.15, 0.2) is 5.75 Å². The molecular weight excluding hydrogens is 556 g/mol. The van der Waals surface area contributed by atoms with E-state index in [1.54, 1.807) is 26.0 Å². The Morgan fingerprint density at radius 1 is 1.09 bits per heavy atom. The molecule has 1 aliphatic heterocycles. The van der Waals surface area contributed by atoms with Crippen molar-refractivity contribution in [3.63, 3.8) is 0 Å². The Hall–Kier alpha value is -5.44. The zero-order chi connectivity index (χ0) is 31.3. The molecule has 43 heavy (non-hydrogen) atoms. The molecule has 4 rings (SSSR count). The SMILES string of the molecule is COC(=O)[C@H](Cc1ccc(-c2ccc(C#N)cc2)cc1)NC(=O)[C@@H]1Cc2cc([N+](=O)[O-])c(O)cc2CN1C(=O)OC(C)C. The van der Waals surface area contributed by atoms with Crippen molar-refractivity contribution in [2.45, 2.75) is 51.4 Å². The van der Waals surface area contributed by atoms with Crippen LogP contribution in [0.2, 0.25) is 0 Å². The van der Waals surface area contributed by atoms with Gasteiger partial charge < -0.3 is 19.9 Å². The number of hydrogen-bond donors (Lipinski definition) is 2. The van der Waals surface area contributed by atoms with E-state index < -0.39 is 52.5 Å². The van der Waals surface area contributed by atoms with Crippen molar-refractivity contribution < 1.29 is 33.9 Å². The van der Waals surface area contributed by atoms with Gasteiger partial charge in [0.1, 0.15) is 12.1 Å². The number of phenolic OH excluding ortho intramolecular Hbond substituents is 1. The van der Waals surface area contributed by atoms with Crippen molar-refractivity contribution in [3.05, 3.63) is 93.0 Å². The summed E-state index contributed by atoms with van der Waals surface area (Å²) < 4.78 is 10.3. The van der Waals surface area contributed by atoms with E-state index in [-0.39, 0.29) is 19.4 Å². The predicted molar refractivity (Wildman–Crippen MR) is 154 cm³/mol. The number of carbonyl (C=O) groups is 3. The summed E-state index contributed by atoms with van der Waals surface area (Å²) >= 11 is 0. The number of rotatable bonds is 8.